The first kappa shape index (κ1) is 32.0. The number of nitrogens with zero attached hydrogens (tertiary/aromatic N) is 2. The van der Waals surface area contributed by atoms with Crippen LogP contribution in [-0.4, -0.2) is 54.5 Å². The van der Waals surface area contributed by atoms with Gasteiger partial charge in [-0.25, -0.2) is 0 Å². The highest BCUT2D eigenvalue weighted by Crippen LogP contribution is 2.47. The molecule has 2 saturated heterocycles. The monoisotopic (exact) mass is 633 g/mol. The Bertz CT molecular complexity index is 1350. The molecule has 1 N–H and O–H groups in total. The minimum absolute atomic E-state index is 0. The summed E-state index contributed by atoms with van der Waals surface area (Å²) in [5.41, 5.74) is 4.72. The van der Waals surface area contributed by atoms with E-state index >= 15 is 0 Å². The molecule has 8 heteroatoms. The normalized spacial score (nSPS) is 22.2. The van der Waals surface area contributed by atoms with Crippen LogP contribution in [0.15, 0.2) is 72.8 Å². The summed E-state index contributed by atoms with van der Waals surface area (Å²) < 4.78 is 0. The van der Waals surface area contributed by atoms with Gasteiger partial charge in [-0.05, 0) is 86.7 Å². The van der Waals surface area contributed by atoms with Crippen molar-refractivity contribution in [2.24, 2.45) is 0 Å². The number of fused-ring (bicyclic) bond motifs is 2. The Hall–Kier alpha value is -1.95. The molecule has 0 saturated carbocycles. The van der Waals surface area contributed by atoms with Gasteiger partial charge in [0.05, 0.1) is 10.0 Å². The number of rotatable bonds is 5. The predicted octanol–water partition coefficient (Wildman–Crippen LogP) is 8.25. The number of likely N-dealkylation sites (tertiary alicyclic amines) is 2. The molecular weight excluding hydrogens is 596 g/mol. The molecule has 0 aromatic heterocycles. The van der Waals surface area contributed by atoms with Gasteiger partial charge in [-0.2, -0.15) is 0 Å². The number of anilines is 1. The quantitative estimate of drug-likeness (QED) is 0.307. The average Bonchev–Trinajstić information content (AvgIpc) is 3.34. The molecule has 3 aliphatic heterocycles. The summed E-state index contributed by atoms with van der Waals surface area (Å²) in [5, 5.41) is 4.83. The van der Waals surface area contributed by atoms with E-state index < -0.39 is 0 Å². The molecule has 0 aliphatic carbocycles. The van der Waals surface area contributed by atoms with Crippen molar-refractivity contribution in [3.05, 3.63) is 99.5 Å². The number of amides is 1. The van der Waals surface area contributed by atoms with Gasteiger partial charge in [-0.3, -0.25) is 9.69 Å². The second kappa shape index (κ2) is 13.1. The zero-order valence-electron chi connectivity index (χ0n) is 23.5. The van der Waals surface area contributed by atoms with Crippen LogP contribution >= 0.6 is 48.0 Å². The van der Waals surface area contributed by atoms with E-state index in [1.54, 1.807) is 0 Å². The number of hydrogen-bond donors (Lipinski definition) is 1. The summed E-state index contributed by atoms with van der Waals surface area (Å²) in [7, 11) is 0. The highest BCUT2D eigenvalue weighted by Gasteiger charge is 2.49. The number of nitrogens with one attached hydrogen (secondary N) is 1. The largest absolute Gasteiger partial charge is 0.384 e. The molecule has 0 radical (unpaired) electrons. The maximum Gasteiger partial charge on any atom is 0.253 e. The molecule has 1 amide bonds. The fraction of sp³-hybridized carbons (Fsp3) is 0.424. The molecule has 2 unspecified atom stereocenters. The summed E-state index contributed by atoms with van der Waals surface area (Å²) in [5.74, 6) is 0.112. The third-order valence-electron chi connectivity index (χ3n) is 9.66. The lowest BCUT2D eigenvalue weighted by Crippen LogP contribution is -2.61. The molecular formula is C33H39Cl4N3O. The first-order valence-electron chi connectivity index (χ1n) is 14.3. The van der Waals surface area contributed by atoms with Gasteiger partial charge in [-0.15, -0.1) is 24.8 Å². The van der Waals surface area contributed by atoms with Gasteiger partial charge < -0.3 is 10.2 Å². The molecule has 3 heterocycles. The zero-order chi connectivity index (χ0) is 27.0. The summed E-state index contributed by atoms with van der Waals surface area (Å²) in [6, 6.07) is 24.9. The summed E-state index contributed by atoms with van der Waals surface area (Å²) in [6.07, 6.45) is 5.27. The van der Waals surface area contributed by atoms with Crippen LogP contribution in [0, 0.1) is 0 Å². The Kier molecular flexibility index (Phi) is 10.2. The van der Waals surface area contributed by atoms with E-state index in [0.29, 0.717) is 22.6 Å². The van der Waals surface area contributed by atoms with Gasteiger partial charge in [0.2, 0.25) is 0 Å². The highest BCUT2D eigenvalue weighted by molar-refractivity contribution is 6.42. The molecule has 3 aliphatic rings. The Labute approximate surface area is 266 Å². The lowest BCUT2D eigenvalue weighted by Gasteiger charge is -2.53. The fourth-order valence-electron chi connectivity index (χ4n) is 7.69. The predicted molar refractivity (Wildman–Crippen MR) is 176 cm³/mol. The van der Waals surface area contributed by atoms with Crippen molar-refractivity contribution >= 4 is 59.6 Å². The SMILES string of the molecule is CCC(N1CCC2(CC1)CNc1ccccc12)C1(c2ccc(Cl)c(Cl)c2)CCCN(C(=O)c2ccccc2)C1.Cl.Cl. The van der Waals surface area contributed by atoms with Crippen molar-refractivity contribution < 1.29 is 4.79 Å². The molecule has 3 aromatic rings. The van der Waals surface area contributed by atoms with Crippen LogP contribution in [0.3, 0.4) is 0 Å². The van der Waals surface area contributed by atoms with E-state index in [4.69, 9.17) is 23.2 Å². The molecule has 1 spiro atoms. The highest BCUT2D eigenvalue weighted by atomic mass is 35.5. The lowest BCUT2D eigenvalue weighted by atomic mass is 9.66. The van der Waals surface area contributed by atoms with Gasteiger partial charge in [0, 0.05) is 47.8 Å². The Morgan fingerprint density at radius 1 is 0.902 bits per heavy atom. The summed E-state index contributed by atoms with van der Waals surface area (Å²) in [4.78, 5) is 18.5. The first-order chi connectivity index (χ1) is 19.0. The van der Waals surface area contributed by atoms with E-state index in [-0.39, 0.29) is 41.6 Å². The number of halogens is 4. The number of para-hydroxylation sites is 1. The second-order valence-corrected chi connectivity index (χ2v) is 12.4. The van der Waals surface area contributed by atoms with Crippen LogP contribution < -0.4 is 5.32 Å². The van der Waals surface area contributed by atoms with Crippen LogP contribution in [0.2, 0.25) is 10.0 Å². The molecule has 2 fully saturated rings. The fourth-order valence-corrected chi connectivity index (χ4v) is 7.99. The van der Waals surface area contributed by atoms with E-state index in [1.807, 2.05) is 36.4 Å². The smallest absolute Gasteiger partial charge is 0.253 e. The zero-order valence-corrected chi connectivity index (χ0v) is 26.6. The van der Waals surface area contributed by atoms with E-state index in [1.165, 1.54) is 16.8 Å². The second-order valence-electron chi connectivity index (χ2n) is 11.6. The maximum atomic E-state index is 13.7. The van der Waals surface area contributed by atoms with E-state index in [9.17, 15) is 4.79 Å². The van der Waals surface area contributed by atoms with Gasteiger partial charge in [0.1, 0.15) is 0 Å². The van der Waals surface area contributed by atoms with Crippen LogP contribution in [-0.2, 0) is 10.8 Å². The number of hydrogen-bond acceptors (Lipinski definition) is 3. The Balaban J connectivity index is 0.00000194. The van der Waals surface area contributed by atoms with Crippen LogP contribution in [0.1, 0.15) is 60.5 Å². The van der Waals surface area contributed by atoms with Crippen LogP contribution in [0.5, 0.6) is 0 Å². The molecule has 41 heavy (non-hydrogen) atoms. The Morgan fingerprint density at radius 2 is 1.61 bits per heavy atom. The van der Waals surface area contributed by atoms with Crippen molar-refractivity contribution in [1.82, 2.24) is 9.80 Å². The van der Waals surface area contributed by atoms with Gasteiger partial charge in [-0.1, -0.05) is 72.6 Å². The molecule has 3 aromatic carbocycles. The molecule has 220 valence electrons. The minimum Gasteiger partial charge on any atom is -0.384 e. The average molecular weight is 636 g/mol. The van der Waals surface area contributed by atoms with Crippen molar-refractivity contribution in [1.29, 1.82) is 0 Å². The van der Waals surface area contributed by atoms with Crippen molar-refractivity contribution in [3.63, 3.8) is 0 Å². The first-order valence-corrected chi connectivity index (χ1v) is 15.1. The molecule has 0 bridgehead atoms. The van der Waals surface area contributed by atoms with Crippen LogP contribution in [0.4, 0.5) is 5.69 Å². The van der Waals surface area contributed by atoms with Gasteiger partial charge in [0.15, 0.2) is 0 Å². The molecule has 2 atom stereocenters. The minimum atomic E-state index is -0.220. The molecule has 4 nitrogen and oxygen atoms in total. The third kappa shape index (κ3) is 5.84. The number of carbonyl (C=O) groups excluding carboxylic acids is 1. The van der Waals surface area contributed by atoms with E-state index in [2.05, 4.69) is 58.4 Å². The number of piperidine rings is 2. The topological polar surface area (TPSA) is 35.6 Å². The van der Waals surface area contributed by atoms with Gasteiger partial charge in [0.25, 0.3) is 5.91 Å². The van der Waals surface area contributed by atoms with Crippen molar-refractivity contribution in [3.8, 4) is 0 Å². The maximum absolute atomic E-state index is 13.7. The van der Waals surface area contributed by atoms with Crippen molar-refractivity contribution in [2.75, 3.05) is 38.0 Å². The molecule has 6 rings (SSSR count). The van der Waals surface area contributed by atoms with Gasteiger partial charge >= 0.3 is 0 Å². The standard InChI is InChI=1S/C33H37Cl2N3O.2ClH/c1-2-30(37-19-16-32(17-20-37)22-36-29-12-7-6-11-26(29)32)33(25-13-14-27(34)28(35)21-25)15-8-18-38(23-33)31(39)24-9-4-3-5-10-24;;/h3-7,9-14,21,30,36H,2,8,15-20,22-23H2,1H3;2*1H. The summed E-state index contributed by atoms with van der Waals surface area (Å²) >= 11 is 13.0. The van der Waals surface area contributed by atoms with Crippen LogP contribution in [0.25, 0.3) is 0 Å². The third-order valence-corrected chi connectivity index (χ3v) is 10.4. The Morgan fingerprint density at radius 3 is 2.32 bits per heavy atom. The summed E-state index contributed by atoms with van der Waals surface area (Å²) in [6.45, 7) is 6.88. The number of carbonyl (C=O) groups is 1. The number of benzene rings is 3. The van der Waals surface area contributed by atoms with E-state index in [0.717, 1.165) is 63.8 Å². The van der Waals surface area contributed by atoms with Crippen molar-refractivity contribution in [2.45, 2.75) is 55.9 Å². The lowest BCUT2D eigenvalue weighted by molar-refractivity contribution is 0.0228.